The molecule has 0 radical (unpaired) electrons. The van der Waals surface area contributed by atoms with E-state index in [2.05, 4.69) is 60.4 Å². The number of halogens is 3. The second-order valence-corrected chi connectivity index (χ2v) is 10.1. The molecule has 3 aromatic rings. The minimum atomic E-state index is -0.390. The lowest BCUT2D eigenvalue weighted by Crippen LogP contribution is -2.47. The van der Waals surface area contributed by atoms with Crippen LogP contribution in [-0.4, -0.2) is 31.2 Å². The molecular weight excluding hydrogens is 448 g/mol. The van der Waals surface area contributed by atoms with Crippen molar-refractivity contribution in [3.05, 3.63) is 105 Å². The van der Waals surface area contributed by atoms with Gasteiger partial charge in [0.2, 0.25) is 0 Å². The molecule has 1 heterocycles. The van der Waals surface area contributed by atoms with Crippen molar-refractivity contribution in [2.75, 3.05) is 26.3 Å². The second kappa shape index (κ2) is 10.0. The fourth-order valence-electron chi connectivity index (χ4n) is 5.54. The van der Waals surface area contributed by atoms with Crippen LogP contribution < -0.4 is 0 Å². The lowest BCUT2D eigenvalue weighted by molar-refractivity contribution is 0.0801. The van der Waals surface area contributed by atoms with Crippen LogP contribution in [0.15, 0.2) is 66.7 Å². The molecule has 0 aromatic heterocycles. The second-order valence-electron chi connectivity index (χ2n) is 9.71. The van der Waals surface area contributed by atoms with Crippen LogP contribution in [0.25, 0.3) is 11.1 Å². The first-order chi connectivity index (χ1) is 16.5. The van der Waals surface area contributed by atoms with E-state index in [0.717, 1.165) is 44.5 Å². The van der Waals surface area contributed by atoms with Crippen LogP contribution in [0.5, 0.6) is 0 Å². The summed E-state index contributed by atoms with van der Waals surface area (Å²) in [4.78, 5) is 2.34. The number of hydrogen-bond donors (Lipinski definition) is 0. The smallest absolute Gasteiger partial charge is 0.141 e. The van der Waals surface area contributed by atoms with E-state index >= 15 is 0 Å². The SMILES string of the molecule is CC1=C(c2ccc(F)c(Cl)c2)[C@H](c2ccc(CCCN3CC(CF)C3)cc2)Cc2ccccc21. The zero-order chi connectivity index (χ0) is 23.7. The Kier molecular flexibility index (Phi) is 6.85. The maximum atomic E-state index is 13.9. The van der Waals surface area contributed by atoms with Crippen LogP contribution in [0.4, 0.5) is 8.78 Å². The van der Waals surface area contributed by atoms with Crippen molar-refractivity contribution in [2.45, 2.75) is 32.1 Å². The molecule has 0 spiro atoms. The van der Waals surface area contributed by atoms with Gasteiger partial charge in [-0.05, 0) is 83.8 Å². The number of rotatable bonds is 7. The molecule has 2 aliphatic rings. The molecule has 1 nitrogen and oxygen atoms in total. The molecule has 1 saturated heterocycles. The number of allylic oxidation sites excluding steroid dienone is 2. The lowest BCUT2D eigenvalue weighted by atomic mass is 9.73. The van der Waals surface area contributed by atoms with Crippen molar-refractivity contribution in [2.24, 2.45) is 5.92 Å². The highest BCUT2D eigenvalue weighted by molar-refractivity contribution is 6.31. The van der Waals surface area contributed by atoms with Crippen LogP contribution in [0.1, 0.15) is 47.1 Å². The summed E-state index contributed by atoms with van der Waals surface area (Å²) in [6, 6.07) is 22.6. The van der Waals surface area contributed by atoms with E-state index < -0.39 is 0 Å². The lowest BCUT2D eigenvalue weighted by Gasteiger charge is -2.37. The molecule has 0 saturated carbocycles. The van der Waals surface area contributed by atoms with Crippen LogP contribution in [-0.2, 0) is 12.8 Å². The molecule has 34 heavy (non-hydrogen) atoms. The van der Waals surface area contributed by atoms with Gasteiger partial charge in [0.05, 0.1) is 11.7 Å². The Hall–Kier alpha value is -2.49. The van der Waals surface area contributed by atoms with Crippen LogP contribution in [0.3, 0.4) is 0 Å². The highest BCUT2D eigenvalue weighted by Gasteiger charge is 2.28. The summed E-state index contributed by atoms with van der Waals surface area (Å²) >= 11 is 6.18. The first-order valence-electron chi connectivity index (χ1n) is 12.1. The first-order valence-corrected chi connectivity index (χ1v) is 12.5. The molecule has 1 aliphatic heterocycles. The Morgan fingerprint density at radius 2 is 1.76 bits per heavy atom. The van der Waals surface area contributed by atoms with E-state index in [9.17, 15) is 8.78 Å². The number of aryl methyl sites for hydroxylation is 1. The van der Waals surface area contributed by atoms with Crippen molar-refractivity contribution in [1.29, 1.82) is 0 Å². The number of fused-ring (bicyclic) bond motifs is 1. The third-order valence-corrected chi connectivity index (χ3v) is 7.69. The number of alkyl halides is 1. The maximum Gasteiger partial charge on any atom is 0.141 e. The Balaban J connectivity index is 1.38. The van der Waals surface area contributed by atoms with Crippen molar-refractivity contribution in [3.8, 4) is 0 Å². The van der Waals surface area contributed by atoms with Crippen LogP contribution in [0.2, 0.25) is 5.02 Å². The van der Waals surface area contributed by atoms with Crippen molar-refractivity contribution in [1.82, 2.24) is 4.90 Å². The molecule has 0 bridgehead atoms. The zero-order valence-corrected chi connectivity index (χ0v) is 20.3. The molecular formula is C30H30ClF2N. The van der Waals surface area contributed by atoms with Crippen LogP contribution >= 0.6 is 11.6 Å². The normalized spacial score (nSPS) is 18.6. The predicted molar refractivity (Wildman–Crippen MR) is 137 cm³/mol. The van der Waals surface area contributed by atoms with Gasteiger partial charge in [-0.25, -0.2) is 4.39 Å². The fourth-order valence-corrected chi connectivity index (χ4v) is 5.72. The summed E-state index contributed by atoms with van der Waals surface area (Å²) < 4.78 is 26.5. The highest BCUT2D eigenvalue weighted by atomic mass is 35.5. The van der Waals surface area contributed by atoms with Gasteiger partial charge in [-0.15, -0.1) is 0 Å². The summed E-state index contributed by atoms with van der Waals surface area (Å²) in [6.07, 6.45) is 3.02. The molecule has 1 fully saturated rings. The number of likely N-dealkylation sites (tertiary alicyclic amines) is 1. The summed E-state index contributed by atoms with van der Waals surface area (Å²) in [5, 5.41) is 0.158. The Labute approximate surface area is 206 Å². The van der Waals surface area contributed by atoms with Gasteiger partial charge >= 0.3 is 0 Å². The molecule has 1 atom stereocenters. The molecule has 3 aromatic carbocycles. The number of nitrogens with zero attached hydrogens (tertiary/aromatic N) is 1. The van der Waals surface area contributed by atoms with Crippen molar-refractivity contribution < 1.29 is 8.78 Å². The van der Waals surface area contributed by atoms with E-state index in [1.807, 2.05) is 6.07 Å². The number of hydrogen-bond acceptors (Lipinski definition) is 1. The van der Waals surface area contributed by atoms with Crippen molar-refractivity contribution in [3.63, 3.8) is 0 Å². The largest absolute Gasteiger partial charge is 0.302 e. The summed E-state index contributed by atoms with van der Waals surface area (Å²) in [5.41, 5.74) is 8.61. The topological polar surface area (TPSA) is 3.24 Å². The molecule has 176 valence electrons. The summed E-state index contributed by atoms with van der Waals surface area (Å²) in [7, 11) is 0. The third kappa shape index (κ3) is 4.69. The molecule has 5 rings (SSSR count). The quantitative estimate of drug-likeness (QED) is 0.339. The van der Waals surface area contributed by atoms with Gasteiger partial charge in [-0.2, -0.15) is 0 Å². The average Bonchev–Trinajstić information content (AvgIpc) is 2.83. The third-order valence-electron chi connectivity index (χ3n) is 7.40. The Morgan fingerprint density at radius 1 is 1.00 bits per heavy atom. The fraction of sp³-hybridized carbons (Fsp3) is 0.333. The van der Waals surface area contributed by atoms with E-state index in [1.165, 1.54) is 39.5 Å². The molecule has 1 aliphatic carbocycles. The predicted octanol–water partition coefficient (Wildman–Crippen LogP) is 7.58. The van der Waals surface area contributed by atoms with Gasteiger partial charge in [-0.3, -0.25) is 4.39 Å². The Morgan fingerprint density at radius 3 is 2.50 bits per heavy atom. The molecule has 4 heteroatoms. The van der Waals surface area contributed by atoms with Gasteiger partial charge in [0.15, 0.2) is 0 Å². The minimum Gasteiger partial charge on any atom is -0.302 e. The summed E-state index contributed by atoms with van der Waals surface area (Å²) in [6.45, 7) is 4.81. The summed E-state index contributed by atoms with van der Waals surface area (Å²) in [5.74, 6) is 0.0463. The molecule has 0 amide bonds. The Bertz CT molecular complexity index is 1190. The molecule has 0 N–H and O–H groups in total. The standard InChI is InChI=1S/C30H30ClF2N/c1-20-26-7-3-2-6-24(26)15-27(30(20)25-12-13-29(33)28(31)16-25)23-10-8-21(9-11-23)5-4-14-34-18-22(17-32)19-34/h2-3,6-13,16,22,27H,4-5,14-15,17-19H2,1H3/t27-/m0/s1. The maximum absolute atomic E-state index is 13.9. The highest BCUT2D eigenvalue weighted by Crippen LogP contribution is 2.45. The van der Waals surface area contributed by atoms with E-state index in [-0.39, 0.29) is 29.4 Å². The van der Waals surface area contributed by atoms with Gasteiger partial charge in [0, 0.05) is 24.9 Å². The van der Waals surface area contributed by atoms with E-state index in [0.29, 0.717) is 0 Å². The zero-order valence-electron chi connectivity index (χ0n) is 19.5. The minimum absolute atomic E-state index is 0.158. The van der Waals surface area contributed by atoms with E-state index in [4.69, 9.17) is 11.6 Å². The van der Waals surface area contributed by atoms with E-state index in [1.54, 1.807) is 6.07 Å². The number of benzene rings is 3. The van der Waals surface area contributed by atoms with Gasteiger partial charge < -0.3 is 4.90 Å². The molecule has 0 unspecified atom stereocenters. The first kappa shape index (κ1) is 23.3. The van der Waals surface area contributed by atoms with Gasteiger partial charge in [0.25, 0.3) is 0 Å². The van der Waals surface area contributed by atoms with Crippen molar-refractivity contribution >= 4 is 22.7 Å². The monoisotopic (exact) mass is 477 g/mol. The van der Waals surface area contributed by atoms with Gasteiger partial charge in [0.1, 0.15) is 5.82 Å². The van der Waals surface area contributed by atoms with Gasteiger partial charge in [-0.1, -0.05) is 66.2 Å². The van der Waals surface area contributed by atoms with Crippen LogP contribution in [0, 0.1) is 11.7 Å². The average molecular weight is 478 g/mol.